The molecule has 0 aliphatic rings. The predicted octanol–water partition coefficient (Wildman–Crippen LogP) is 14.0. The lowest BCUT2D eigenvalue weighted by Gasteiger charge is -2.15. The first-order chi connectivity index (χ1) is 38.7. The number of benzene rings is 8. The van der Waals surface area contributed by atoms with Gasteiger partial charge in [0.2, 0.25) is 5.82 Å². The molecule has 366 valence electrons. The molecular weight excluding hydrogens is 967 g/mol. The quantitative estimate of drug-likeness (QED) is 0.138. The molecule has 0 spiro atoms. The van der Waals surface area contributed by atoms with E-state index in [1.807, 2.05) is 83.8 Å². The van der Waals surface area contributed by atoms with Crippen molar-refractivity contribution in [3.8, 4) is 73.7 Å². The molecule has 14 nitrogen and oxygen atoms in total. The minimum Gasteiger partial charge on any atom is -0.460 e. The first-order valence-electron chi connectivity index (χ1n) is 25.4. The Balaban J connectivity index is 0.900. The number of rotatable bonds is 9. The number of fused-ring (bicyclic) bond motifs is 9. The Hall–Kier alpha value is -11.1. The van der Waals surface area contributed by atoms with Gasteiger partial charge in [-0.2, -0.15) is 0 Å². The molecule has 16 rings (SSSR count). The number of furan rings is 1. The largest absolute Gasteiger partial charge is 0.460 e. The van der Waals surface area contributed by atoms with Crippen molar-refractivity contribution in [2.75, 3.05) is 0 Å². The summed E-state index contributed by atoms with van der Waals surface area (Å²) in [5.41, 5.74) is 15.3. The van der Waals surface area contributed by atoms with E-state index in [2.05, 4.69) is 156 Å². The molecule has 8 aromatic heterocycles. The second-order valence-electron chi connectivity index (χ2n) is 19.2. The van der Waals surface area contributed by atoms with Crippen molar-refractivity contribution in [1.29, 1.82) is 0 Å². The third kappa shape index (κ3) is 6.83. The minimum absolute atomic E-state index is 0.502. The van der Waals surface area contributed by atoms with Crippen LogP contribution in [0.3, 0.4) is 0 Å². The van der Waals surface area contributed by atoms with E-state index in [0.717, 1.165) is 122 Å². The molecule has 8 aromatic carbocycles. The van der Waals surface area contributed by atoms with E-state index in [0.29, 0.717) is 17.4 Å². The summed E-state index contributed by atoms with van der Waals surface area (Å²) < 4.78 is 16.5. The highest BCUT2D eigenvalue weighted by Crippen LogP contribution is 2.42. The Labute approximate surface area is 443 Å². The van der Waals surface area contributed by atoms with E-state index < -0.39 is 0 Å². The smallest absolute Gasteiger partial charge is 0.217 e. The molecule has 0 radical (unpaired) electrons. The average molecular weight is 1010 g/mol. The van der Waals surface area contributed by atoms with E-state index in [9.17, 15) is 0 Å². The van der Waals surface area contributed by atoms with E-state index in [-0.39, 0.29) is 0 Å². The second kappa shape index (κ2) is 17.2. The summed E-state index contributed by atoms with van der Waals surface area (Å²) >= 11 is 0. The zero-order valence-corrected chi connectivity index (χ0v) is 41.2. The Bertz CT molecular complexity index is 4940. The Morgan fingerprint density at radius 1 is 0.333 bits per heavy atom. The molecule has 14 heteroatoms. The zero-order chi connectivity index (χ0) is 51.3. The molecule has 0 saturated carbocycles. The summed E-state index contributed by atoms with van der Waals surface area (Å²) in [6.45, 7) is 0. The topological polar surface area (TPSA) is 141 Å². The van der Waals surface area contributed by atoms with E-state index in [1.54, 1.807) is 36.3 Å². The first kappa shape index (κ1) is 43.3. The van der Waals surface area contributed by atoms with Crippen molar-refractivity contribution in [1.82, 2.24) is 63.2 Å². The summed E-state index contributed by atoms with van der Waals surface area (Å²) in [7, 11) is 0. The maximum Gasteiger partial charge on any atom is 0.217 e. The van der Waals surface area contributed by atoms with Crippen molar-refractivity contribution in [2.24, 2.45) is 0 Å². The van der Waals surface area contributed by atoms with E-state index in [4.69, 9.17) is 29.6 Å². The van der Waals surface area contributed by atoms with Gasteiger partial charge in [0.05, 0.1) is 45.4 Å². The van der Waals surface area contributed by atoms with Crippen LogP contribution in [-0.2, 0) is 0 Å². The van der Waals surface area contributed by atoms with Gasteiger partial charge in [0, 0.05) is 67.2 Å². The van der Waals surface area contributed by atoms with Crippen molar-refractivity contribution >= 4 is 65.7 Å². The Morgan fingerprint density at radius 2 is 0.833 bits per heavy atom. The summed E-state index contributed by atoms with van der Waals surface area (Å²) in [6, 6.07) is 67.7. The third-order valence-electron chi connectivity index (χ3n) is 14.8. The minimum atomic E-state index is 0.502. The van der Waals surface area contributed by atoms with Crippen molar-refractivity contribution in [2.45, 2.75) is 0 Å². The maximum absolute atomic E-state index is 6.14. The molecule has 0 aliphatic heterocycles. The van der Waals surface area contributed by atoms with Gasteiger partial charge in [-0.1, -0.05) is 84.9 Å². The van der Waals surface area contributed by atoms with Crippen molar-refractivity contribution < 1.29 is 4.42 Å². The van der Waals surface area contributed by atoms with Gasteiger partial charge in [-0.05, 0) is 126 Å². The summed E-state index contributed by atoms with van der Waals surface area (Å²) in [5.74, 6) is 1.74. The van der Waals surface area contributed by atoms with Crippen LogP contribution >= 0.6 is 0 Å². The molecule has 0 N–H and O–H groups in total. The van der Waals surface area contributed by atoms with Crippen LogP contribution < -0.4 is 0 Å². The third-order valence-corrected chi connectivity index (χ3v) is 14.8. The van der Waals surface area contributed by atoms with Crippen LogP contribution in [0.2, 0.25) is 0 Å². The monoisotopic (exact) mass is 1010 g/mol. The Kier molecular flexibility index (Phi) is 9.56. The van der Waals surface area contributed by atoms with Gasteiger partial charge in [0.1, 0.15) is 36.6 Å². The zero-order valence-electron chi connectivity index (χ0n) is 41.2. The molecule has 0 unspecified atom stereocenters. The van der Waals surface area contributed by atoms with Crippen LogP contribution in [0.15, 0.2) is 243 Å². The molecule has 78 heavy (non-hydrogen) atoms. The van der Waals surface area contributed by atoms with Gasteiger partial charge in [-0.3, -0.25) is 4.57 Å². The van der Waals surface area contributed by atoms with E-state index >= 15 is 0 Å². The van der Waals surface area contributed by atoms with Crippen LogP contribution in [0.25, 0.3) is 139 Å². The number of hydrogen-bond acceptors (Lipinski definition) is 9. The van der Waals surface area contributed by atoms with Crippen molar-refractivity contribution in [3.05, 3.63) is 238 Å². The maximum atomic E-state index is 6.14. The molecule has 0 atom stereocenters. The van der Waals surface area contributed by atoms with Gasteiger partial charge in [-0.15, -0.1) is 10.2 Å². The lowest BCUT2D eigenvalue weighted by atomic mass is 10.0. The Morgan fingerprint density at radius 3 is 1.50 bits per heavy atom. The van der Waals surface area contributed by atoms with Crippen LogP contribution in [0.1, 0.15) is 0 Å². The van der Waals surface area contributed by atoms with Gasteiger partial charge >= 0.3 is 0 Å². The lowest BCUT2D eigenvalue weighted by molar-refractivity contribution is 0.577. The summed E-state index contributed by atoms with van der Waals surface area (Å²) in [4.78, 5) is 28.1. The molecule has 0 saturated heterocycles. The molecule has 0 amide bonds. The molecule has 8 heterocycles. The fraction of sp³-hybridized carbons (Fsp3) is 0. The molecule has 16 aromatic rings. The van der Waals surface area contributed by atoms with Crippen LogP contribution in [0.5, 0.6) is 0 Å². The highest BCUT2D eigenvalue weighted by Gasteiger charge is 2.23. The predicted molar refractivity (Wildman–Crippen MR) is 304 cm³/mol. The van der Waals surface area contributed by atoms with Crippen LogP contribution in [0, 0.1) is 0 Å². The molecule has 0 bridgehead atoms. The molecular formula is C64H39N13O. The van der Waals surface area contributed by atoms with Gasteiger partial charge < -0.3 is 13.6 Å². The van der Waals surface area contributed by atoms with Gasteiger partial charge in [0.15, 0.2) is 11.6 Å². The SMILES string of the molecule is c1ccc(-n2cnc(-c3ccc4c(c3)c3cc(-c5cc(-n6c7ccccc7c7cc(-c8ccoc8-c8ncn(-c9ccccc9)n8)ccc76)cc(-n6c7ncncc7c7cncnc76)c5)ccc3n4-c3ccccc3)n2)cc1. The lowest BCUT2D eigenvalue weighted by Crippen LogP contribution is -2.01. The fourth-order valence-electron chi connectivity index (χ4n) is 11.2. The summed E-state index contributed by atoms with van der Waals surface area (Å²) in [6.07, 6.45) is 12.0. The first-order valence-corrected chi connectivity index (χ1v) is 25.4. The van der Waals surface area contributed by atoms with Crippen molar-refractivity contribution in [3.63, 3.8) is 0 Å². The second-order valence-corrected chi connectivity index (χ2v) is 19.2. The highest BCUT2D eigenvalue weighted by atomic mass is 16.3. The summed E-state index contributed by atoms with van der Waals surface area (Å²) in [5, 5.41) is 15.8. The number of nitrogens with zero attached hydrogens (tertiary/aromatic N) is 13. The normalized spacial score (nSPS) is 11.8. The van der Waals surface area contributed by atoms with E-state index in [1.165, 1.54) is 0 Å². The molecule has 0 fully saturated rings. The fourth-order valence-corrected chi connectivity index (χ4v) is 11.2. The number of para-hydroxylation sites is 4. The van der Waals surface area contributed by atoms with Crippen LogP contribution in [-0.4, -0.2) is 63.2 Å². The highest BCUT2D eigenvalue weighted by molar-refractivity contribution is 6.13. The average Bonchev–Trinajstić information content (AvgIpc) is 4.44. The number of aromatic nitrogens is 13. The van der Waals surface area contributed by atoms with Crippen LogP contribution in [0.4, 0.5) is 0 Å². The molecule has 0 aliphatic carbocycles. The van der Waals surface area contributed by atoms with Gasteiger partial charge in [0.25, 0.3) is 0 Å². The van der Waals surface area contributed by atoms with Gasteiger partial charge in [-0.25, -0.2) is 39.3 Å². The standard InChI is InChI=1S/C64H39N13O/c1-4-12-44(13-5-1)73-38-69-61(71-73)42-22-25-59-53(32-42)52-30-40(20-23-58(52)75(59)46-16-8-3-9-17-46)43-28-47(33-48(29-43)77-63-54(34-65-36-67-63)55-35-66-37-68-64(55)77)76-56-19-11-10-18-50(56)51-31-41(21-24-57(51)76)49-26-27-78-60(49)62-70-39-74(72-62)45-14-6-2-7-15-45/h1-39H. The number of hydrogen-bond donors (Lipinski definition) is 0.